The number of aliphatic carboxylic acids is 1. The van der Waals surface area contributed by atoms with E-state index in [4.69, 9.17) is 42.0 Å². The maximum Gasteiger partial charge on any atom is 0.490 e. The number of nitrogens with zero attached hydrogens (tertiary/aromatic N) is 8. The Morgan fingerprint density at radius 2 is 1.46 bits per heavy atom. The lowest BCUT2D eigenvalue weighted by molar-refractivity contribution is -0.192. The minimum absolute atomic E-state index is 0.00724. The van der Waals surface area contributed by atoms with E-state index in [-0.39, 0.29) is 65.7 Å². The Bertz CT molecular complexity index is 2890. The largest absolute Gasteiger partial charge is 0.490 e. The molecule has 5 N–H and O–H groups in total. The number of nitrogens with one attached hydrogen (secondary N) is 2. The number of alkyl halides is 3. The fourth-order valence-electron chi connectivity index (χ4n) is 10.8. The number of anilines is 2. The fraction of sp³-hybridized carbons (Fsp3) is 0.561. The zero-order valence-corrected chi connectivity index (χ0v) is 47.3. The molecular formula is C57H70ClF4N11O11. The normalized spacial score (nSPS) is 19.5. The second-order valence-corrected chi connectivity index (χ2v) is 21.8. The van der Waals surface area contributed by atoms with Gasteiger partial charge >= 0.3 is 18.1 Å². The van der Waals surface area contributed by atoms with E-state index in [2.05, 4.69) is 30.6 Å². The standard InChI is InChI=1S/C55H69ClFN11O9.C2HF3O2/c56-43-30-40(13-10-37(43)33-59)77-39-14-11-38(12-15-39)61-52(72)45-16-18-48(63-62-45)66-24-20-36(21-25-66)34-64-26-28-65(29-27-64)47-32-42-41(31-44(47)57)53(73)68(54(42)74)46-17-19-50(70)67(55(46)75)35-76-51(71)9-5-2-1-4-8-49(69)60-23-7-3-6-22-58;3-2(4,5)1(6)7/h10,13,16,18,30-32,36,38-39,46H,1-9,11-12,14-15,17,19-29,34-35,58H2,(H,60,69)(H,61,72);(H,6,7). The Kier molecular flexibility index (Phi) is 23.2. The predicted molar refractivity (Wildman–Crippen MR) is 296 cm³/mol. The Morgan fingerprint density at radius 1 is 0.798 bits per heavy atom. The Balaban J connectivity index is 0.00000136. The van der Waals surface area contributed by atoms with E-state index >= 15 is 4.39 Å². The van der Waals surface area contributed by atoms with Crippen LogP contribution >= 0.6 is 11.6 Å². The molecule has 3 aromatic rings. The van der Waals surface area contributed by atoms with Gasteiger partial charge in [0.2, 0.25) is 11.8 Å². The molecule has 5 aliphatic rings. The quantitative estimate of drug-likeness (QED) is 0.0359. The van der Waals surface area contributed by atoms with Gasteiger partial charge < -0.3 is 40.7 Å². The monoisotopic (exact) mass is 1200 g/mol. The van der Waals surface area contributed by atoms with Crippen LogP contribution in [-0.2, 0) is 28.7 Å². The van der Waals surface area contributed by atoms with Gasteiger partial charge in [-0.3, -0.25) is 43.4 Å². The molecule has 1 saturated carbocycles. The summed E-state index contributed by atoms with van der Waals surface area (Å²) in [6.45, 7) is 5.36. The zero-order valence-electron chi connectivity index (χ0n) is 46.5. The van der Waals surface area contributed by atoms with Crippen LogP contribution in [0.2, 0.25) is 5.02 Å². The number of carboxylic acids is 1. The highest BCUT2D eigenvalue weighted by Crippen LogP contribution is 2.35. The molecule has 6 amide bonds. The number of ether oxygens (including phenoxy) is 2. The summed E-state index contributed by atoms with van der Waals surface area (Å²) >= 11 is 6.16. The van der Waals surface area contributed by atoms with E-state index in [0.717, 1.165) is 99.7 Å². The van der Waals surface area contributed by atoms with Gasteiger partial charge in [0.25, 0.3) is 23.6 Å². The topological polar surface area (TPSA) is 291 Å². The second kappa shape index (κ2) is 30.4. The van der Waals surface area contributed by atoms with Gasteiger partial charge in [0, 0.05) is 83.7 Å². The molecule has 3 saturated heterocycles. The minimum Gasteiger partial charge on any atom is -0.490 e. The number of hydrogen-bond acceptors (Lipinski definition) is 17. The lowest BCUT2D eigenvalue weighted by Gasteiger charge is -2.39. The molecule has 22 nitrogen and oxygen atoms in total. The predicted octanol–water partition coefficient (Wildman–Crippen LogP) is 6.13. The molecule has 0 radical (unpaired) electrons. The first-order chi connectivity index (χ1) is 40.2. The summed E-state index contributed by atoms with van der Waals surface area (Å²) in [6, 6.07) is 11.7. The van der Waals surface area contributed by atoms with E-state index in [1.54, 1.807) is 24.3 Å². The van der Waals surface area contributed by atoms with Gasteiger partial charge in [-0.15, -0.1) is 10.2 Å². The summed E-state index contributed by atoms with van der Waals surface area (Å²) in [5, 5.41) is 31.3. The Hall–Kier alpha value is -7.50. The number of carbonyl (C=O) groups excluding carboxylic acids is 7. The first-order valence-corrected chi connectivity index (χ1v) is 28.8. The van der Waals surface area contributed by atoms with Crippen molar-refractivity contribution in [2.24, 2.45) is 11.7 Å². The van der Waals surface area contributed by atoms with Crippen molar-refractivity contribution in [1.29, 1.82) is 5.26 Å². The highest BCUT2D eigenvalue weighted by atomic mass is 35.5. The smallest absolute Gasteiger partial charge is 0.490 e. The summed E-state index contributed by atoms with van der Waals surface area (Å²) in [4.78, 5) is 109. The number of hydrogen-bond donors (Lipinski definition) is 4. The van der Waals surface area contributed by atoms with Crippen LogP contribution in [0.5, 0.6) is 5.75 Å². The van der Waals surface area contributed by atoms with Crippen LogP contribution in [0.1, 0.15) is 146 Å². The number of nitriles is 1. The number of carboxylic acid groups (broad SMARTS) is 1. The lowest BCUT2D eigenvalue weighted by atomic mass is 9.93. The Labute approximate surface area is 488 Å². The third-order valence-corrected chi connectivity index (χ3v) is 15.9. The number of carbonyl (C=O) groups is 8. The van der Waals surface area contributed by atoms with Crippen molar-refractivity contribution in [2.45, 2.75) is 134 Å². The average molecular weight is 1200 g/mol. The van der Waals surface area contributed by atoms with Crippen LogP contribution in [0.3, 0.4) is 0 Å². The number of piperazine rings is 1. The summed E-state index contributed by atoms with van der Waals surface area (Å²) in [5.74, 6) is -5.55. The minimum atomic E-state index is -5.08. The Morgan fingerprint density at radius 3 is 2.10 bits per heavy atom. The molecule has 4 fully saturated rings. The number of amides is 6. The van der Waals surface area contributed by atoms with Crippen LogP contribution in [0.15, 0.2) is 42.5 Å². The molecule has 1 aliphatic carbocycles. The second-order valence-electron chi connectivity index (χ2n) is 21.4. The highest BCUT2D eigenvalue weighted by Gasteiger charge is 2.48. The number of esters is 1. The van der Waals surface area contributed by atoms with Crippen LogP contribution in [0.25, 0.3) is 0 Å². The molecule has 1 aromatic heterocycles. The number of benzene rings is 2. The number of imide groups is 2. The molecule has 5 heterocycles. The number of nitrogens with two attached hydrogens (primary N) is 1. The van der Waals surface area contributed by atoms with Gasteiger partial charge in [-0.05, 0) is 119 Å². The van der Waals surface area contributed by atoms with Gasteiger partial charge in [0.1, 0.15) is 23.7 Å². The molecule has 454 valence electrons. The molecule has 0 spiro atoms. The summed E-state index contributed by atoms with van der Waals surface area (Å²) in [7, 11) is 0. The number of piperidine rings is 2. The number of halogens is 5. The molecule has 0 bridgehead atoms. The third-order valence-electron chi connectivity index (χ3n) is 15.5. The number of rotatable bonds is 23. The van der Waals surface area contributed by atoms with Crippen molar-refractivity contribution in [3.63, 3.8) is 0 Å². The molecule has 27 heteroatoms. The fourth-order valence-corrected chi connectivity index (χ4v) is 11.0. The van der Waals surface area contributed by atoms with E-state index < -0.39 is 60.3 Å². The first kappa shape index (κ1) is 64.1. The maximum absolute atomic E-state index is 15.8. The average Bonchev–Trinajstić information content (AvgIpc) is 1.80. The van der Waals surface area contributed by atoms with Gasteiger partial charge in [0.15, 0.2) is 18.2 Å². The van der Waals surface area contributed by atoms with E-state index in [1.165, 1.54) is 6.07 Å². The first-order valence-electron chi connectivity index (χ1n) is 28.5. The molecule has 4 aliphatic heterocycles. The van der Waals surface area contributed by atoms with Gasteiger partial charge in [-0.25, -0.2) is 14.1 Å². The molecule has 8 rings (SSSR count). The van der Waals surface area contributed by atoms with Crippen molar-refractivity contribution in [3.8, 4) is 11.8 Å². The lowest BCUT2D eigenvalue weighted by Crippen LogP contribution is -2.56. The molecule has 84 heavy (non-hydrogen) atoms. The third kappa shape index (κ3) is 17.5. The molecule has 1 atom stereocenters. The molecule has 1 unspecified atom stereocenters. The van der Waals surface area contributed by atoms with Crippen LogP contribution in [-0.4, -0.2) is 167 Å². The van der Waals surface area contributed by atoms with Crippen molar-refractivity contribution < 1.29 is 70.5 Å². The number of fused-ring (bicyclic) bond motifs is 1. The molecular weight excluding hydrogens is 1130 g/mol. The van der Waals surface area contributed by atoms with E-state index in [0.29, 0.717) is 93.0 Å². The maximum atomic E-state index is 15.8. The van der Waals surface area contributed by atoms with Crippen molar-refractivity contribution >= 4 is 70.5 Å². The van der Waals surface area contributed by atoms with Crippen LogP contribution in [0.4, 0.5) is 29.1 Å². The van der Waals surface area contributed by atoms with Crippen LogP contribution in [0, 0.1) is 23.1 Å². The number of unbranched alkanes of at least 4 members (excludes halogenated alkanes) is 5. The summed E-state index contributed by atoms with van der Waals surface area (Å²) in [6.07, 6.45) is 5.37. The van der Waals surface area contributed by atoms with Crippen molar-refractivity contribution in [3.05, 3.63) is 75.7 Å². The van der Waals surface area contributed by atoms with Crippen molar-refractivity contribution in [1.82, 2.24) is 35.5 Å². The number of aromatic nitrogens is 2. The summed E-state index contributed by atoms with van der Waals surface area (Å²) in [5.41, 5.74) is 6.17. The van der Waals surface area contributed by atoms with E-state index in [1.807, 2.05) is 17.0 Å². The molecule has 2 aromatic carbocycles. The van der Waals surface area contributed by atoms with Crippen molar-refractivity contribution in [2.75, 3.05) is 75.4 Å². The van der Waals surface area contributed by atoms with Gasteiger partial charge in [-0.2, -0.15) is 18.4 Å². The number of likely N-dealkylation sites (tertiary alicyclic amines) is 1. The van der Waals surface area contributed by atoms with Gasteiger partial charge in [0.05, 0.1) is 33.5 Å². The SMILES string of the molecule is N#Cc1ccc(OC2CCC(NC(=O)c3ccc(N4CCC(CN5CCN(c6cc7c(cc6F)C(=O)N(C6CCC(=O)N(COC(=O)CCCCCCC(=O)NCCCCCN)C6=O)C7=O)CC5)CC4)nn3)CC2)cc1Cl.O=C(O)C(F)(F)F. The summed E-state index contributed by atoms with van der Waals surface area (Å²) < 4.78 is 58.9. The van der Waals surface area contributed by atoms with Gasteiger partial charge in [-0.1, -0.05) is 30.9 Å². The highest BCUT2D eigenvalue weighted by molar-refractivity contribution is 6.31. The zero-order chi connectivity index (χ0) is 60.5. The van der Waals surface area contributed by atoms with Crippen LogP contribution < -0.4 is 30.9 Å². The van der Waals surface area contributed by atoms with E-state index in [9.17, 15) is 46.7 Å².